The SMILES string of the molecule is CCCCn1cc(S(=O)(=O)c2ccc(OC)cc2)c(=O)c2cc(C)ccc21. The van der Waals surface area contributed by atoms with Crippen molar-refractivity contribution in [2.24, 2.45) is 0 Å². The minimum absolute atomic E-state index is 0.0782. The summed E-state index contributed by atoms with van der Waals surface area (Å²) in [6.45, 7) is 4.62. The minimum Gasteiger partial charge on any atom is -0.497 e. The van der Waals surface area contributed by atoms with Crippen LogP contribution in [0.25, 0.3) is 10.9 Å². The number of sulfone groups is 1. The number of ether oxygens (including phenoxy) is 1. The Hall–Kier alpha value is -2.60. The van der Waals surface area contributed by atoms with E-state index in [4.69, 9.17) is 4.74 Å². The molecule has 0 unspecified atom stereocenters. The fraction of sp³-hybridized carbons (Fsp3) is 0.286. The van der Waals surface area contributed by atoms with Gasteiger partial charge in [-0.2, -0.15) is 0 Å². The fourth-order valence-electron chi connectivity index (χ4n) is 3.07. The van der Waals surface area contributed by atoms with E-state index in [0.717, 1.165) is 23.9 Å². The highest BCUT2D eigenvalue weighted by molar-refractivity contribution is 7.91. The molecule has 0 saturated carbocycles. The third-order valence-electron chi connectivity index (χ3n) is 4.61. The summed E-state index contributed by atoms with van der Waals surface area (Å²) in [5.74, 6) is 0.559. The maximum atomic E-state index is 13.2. The summed E-state index contributed by atoms with van der Waals surface area (Å²) in [7, 11) is -2.42. The molecule has 0 atom stereocenters. The van der Waals surface area contributed by atoms with E-state index < -0.39 is 15.3 Å². The summed E-state index contributed by atoms with van der Waals surface area (Å²) < 4.78 is 33.3. The number of hydrogen-bond donors (Lipinski definition) is 0. The van der Waals surface area contributed by atoms with E-state index in [1.54, 1.807) is 18.2 Å². The normalized spacial score (nSPS) is 11.7. The number of methoxy groups -OCH3 is 1. The van der Waals surface area contributed by atoms with Crippen molar-refractivity contribution in [2.45, 2.75) is 43.0 Å². The second-order valence-electron chi connectivity index (χ2n) is 6.57. The van der Waals surface area contributed by atoms with Gasteiger partial charge >= 0.3 is 0 Å². The predicted octanol–water partition coefficient (Wildman–Crippen LogP) is 3.95. The molecule has 27 heavy (non-hydrogen) atoms. The van der Waals surface area contributed by atoms with Gasteiger partial charge in [0, 0.05) is 18.1 Å². The van der Waals surface area contributed by atoms with Crippen LogP contribution in [-0.2, 0) is 16.4 Å². The van der Waals surface area contributed by atoms with Gasteiger partial charge in [0.05, 0.1) is 17.5 Å². The van der Waals surface area contributed by atoms with E-state index in [1.807, 2.05) is 23.6 Å². The van der Waals surface area contributed by atoms with Crippen molar-refractivity contribution in [2.75, 3.05) is 7.11 Å². The van der Waals surface area contributed by atoms with Crippen molar-refractivity contribution >= 4 is 20.7 Å². The lowest BCUT2D eigenvalue weighted by Crippen LogP contribution is -2.19. The van der Waals surface area contributed by atoms with Crippen LogP contribution in [0.5, 0.6) is 5.75 Å². The van der Waals surface area contributed by atoms with Gasteiger partial charge in [-0.05, 0) is 49.7 Å². The van der Waals surface area contributed by atoms with Crippen LogP contribution in [0.15, 0.2) is 63.2 Å². The highest BCUT2D eigenvalue weighted by Crippen LogP contribution is 2.24. The van der Waals surface area contributed by atoms with Crippen LogP contribution in [0.4, 0.5) is 0 Å². The zero-order chi connectivity index (χ0) is 19.6. The van der Waals surface area contributed by atoms with Crippen molar-refractivity contribution in [3.05, 3.63) is 64.4 Å². The van der Waals surface area contributed by atoms with E-state index in [0.29, 0.717) is 17.7 Å². The largest absolute Gasteiger partial charge is 0.497 e. The second-order valence-corrected chi connectivity index (χ2v) is 8.49. The second kappa shape index (κ2) is 7.56. The molecule has 0 spiro atoms. The van der Waals surface area contributed by atoms with Crippen LogP contribution in [-0.4, -0.2) is 20.1 Å². The number of fused-ring (bicyclic) bond motifs is 1. The first-order chi connectivity index (χ1) is 12.9. The predicted molar refractivity (Wildman–Crippen MR) is 106 cm³/mol. The van der Waals surface area contributed by atoms with Crippen LogP contribution >= 0.6 is 0 Å². The number of unbranched alkanes of at least 4 members (excludes halogenated alkanes) is 1. The molecule has 0 N–H and O–H groups in total. The molecule has 0 bridgehead atoms. The molecule has 3 aromatic rings. The van der Waals surface area contributed by atoms with Gasteiger partial charge in [-0.1, -0.05) is 25.0 Å². The Labute approximate surface area is 159 Å². The Bertz CT molecular complexity index is 1130. The van der Waals surface area contributed by atoms with Gasteiger partial charge in [-0.25, -0.2) is 8.42 Å². The van der Waals surface area contributed by atoms with Crippen molar-refractivity contribution in [1.29, 1.82) is 0 Å². The molecule has 6 heteroatoms. The first-order valence-corrected chi connectivity index (χ1v) is 10.4. The molecule has 0 radical (unpaired) electrons. The summed E-state index contributed by atoms with van der Waals surface area (Å²) in [6, 6.07) is 11.6. The maximum Gasteiger partial charge on any atom is 0.211 e. The van der Waals surface area contributed by atoms with E-state index in [1.165, 1.54) is 25.4 Å². The van der Waals surface area contributed by atoms with E-state index in [-0.39, 0.29) is 9.79 Å². The molecule has 1 heterocycles. The summed E-state index contributed by atoms with van der Waals surface area (Å²) >= 11 is 0. The highest BCUT2D eigenvalue weighted by Gasteiger charge is 2.24. The molecule has 142 valence electrons. The Kier molecular flexibility index (Phi) is 5.37. The summed E-state index contributed by atoms with van der Waals surface area (Å²) in [6.07, 6.45) is 3.35. The molecule has 0 fully saturated rings. The van der Waals surface area contributed by atoms with Gasteiger partial charge in [0.2, 0.25) is 15.3 Å². The lowest BCUT2D eigenvalue weighted by molar-refractivity contribution is 0.414. The van der Waals surface area contributed by atoms with Crippen LogP contribution in [0.2, 0.25) is 0 Å². The number of hydrogen-bond acceptors (Lipinski definition) is 4. The average molecular weight is 385 g/mol. The summed E-state index contributed by atoms with van der Waals surface area (Å²) in [5, 5.41) is 0.431. The standard InChI is InChI=1S/C21H23NO4S/c1-4-5-12-22-14-20(21(23)18-13-15(2)6-11-19(18)22)27(24,25)17-9-7-16(26-3)8-10-17/h6-11,13-14H,4-5,12H2,1-3H3. The third-order valence-corrected chi connectivity index (χ3v) is 6.38. The molecule has 2 aromatic carbocycles. The zero-order valence-electron chi connectivity index (χ0n) is 15.7. The lowest BCUT2D eigenvalue weighted by atomic mass is 10.1. The van der Waals surface area contributed by atoms with Crippen LogP contribution in [0.1, 0.15) is 25.3 Å². The van der Waals surface area contributed by atoms with Gasteiger partial charge in [0.25, 0.3) is 0 Å². The van der Waals surface area contributed by atoms with Gasteiger partial charge in [-0.15, -0.1) is 0 Å². The molecule has 0 amide bonds. The molecular weight excluding hydrogens is 362 g/mol. The summed E-state index contributed by atoms with van der Waals surface area (Å²) in [5.41, 5.74) is 1.21. The maximum absolute atomic E-state index is 13.2. The molecule has 0 aliphatic heterocycles. The van der Waals surface area contributed by atoms with Crippen LogP contribution in [0, 0.1) is 6.92 Å². The van der Waals surface area contributed by atoms with Gasteiger partial charge in [0.1, 0.15) is 10.6 Å². The van der Waals surface area contributed by atoms with Gasteiger partial charge < -0.3 is 9.30 Å². The number of nitrogens with zero attached hydrogens (tertiary/aromatic N) is 1. The van der Waals surface area contributed by atoms with Crippen molar-refractivity contribution in [3.8, 4) is 5.75 Å². The minimum atomic E-state index is -3.94. The molecule has 5 nitrogen and oxygen atoms in total. The molecule has 1 aromatic heterocycles. The number of aryl methyl sites for hydroxylation is 2. The Balaban J connectivity index is 2.25. The Morgan fingerprint density at radius 3 is 2.41 bits per heavy atom. The zero-order valence-corrected chi connectivity index (χ0v) is 16.5. The van der Waals surface area contributed by atoms with Crippen molar-refractivity contribution in [3.63, 3.8) is 0 Å². The highest BCUT2D eigenvalue weighted by atomic mass is 32.2. The molecule has 0 aliphatic rings. The topological polar surface area (TPSA) is 65.4 Å². The van der Waals surface area contributed by atoms with Crippen molar-refractivity contribution < 1.29 is 13.2 Å². The molecule has 0 saturated heterocycles. The Morgan fingerprint density at radius 1 is 1.07 bits per heavy atom. The number of benzene rings is 2. The van der Waals surface area contributed by atoms with Gasteiger partial charge in [-0.3, -0.25) is 4.79 Å². The van der Waals surface area contributed by atoms with Gasteiger partial charge in [0.15, 0.2) is 0 Å². The van der Waals surface area contributed by atoms with Crippen molar-refractivity contribution in [1.82, 2.24) is 4.57 Å². The molecular formula is C21H23NO4S. The number of aromatic nitrogens is 1. The molecule has 0 aliphatic carbocycles. The van der Waals surface area contributed by atoms with E-state index in [2.05, 4.69) is 6.92 Å². The van der Waals surface area contributed by atoms with E-state index in [9.17, 15) is 13.2 Å². The van der Waals surface area contributed by atoms with Crippen LogP contribution < -0.4 is 10.2 Å². The third kappa shape index (κ3) is 3.62. The fourth-order valence-corrected chi connectivity index (χ4v) is 4.44. The van der Waals surface area contributed by atoms with Crippen LogP contribution in [0.3, 0.4) is 0 Å². The average Bonchev–Trinajstić information content (AvgIpc) is 2.67. The first kappa shape index (κ1) is 19.2. The quantitative estimate of drug-likeness (QED) is 0.644. The van der Waals surface area contributed by atoms with E-state index >= 15 is 0 Å². The smallest absolute Gasteiger partial charge is 0.211 e. The molecule has 3 rings (SSSR count). The first-order valence-electron chi connectivity index (χ1n) is 8.91. The lowest BCUT2D eigenvalue weighted by Gasteiger charge is -2.14. The number of pyridine rings is 1. The Morgan fingerprint density at radius 2 is 1.78 bits per heavy atom. The number of rotatable bonds is 6. The summed E-state index contributed by atoms with van der Waals surface area (Å²) in [4.78, 5) is 12.9. The monoisotopic (exact) mass is 385 g/mol.